The number of hydrogen-bond acceptors (Lipinski definition) is 5. The van der Waals surface area contributed by atoms with Crippen LogP contribution in [0.1, 0.15) is 21.6 Å². The Hall–Kier alpha value is -2.96. The van der Waals surface area contributed by atoms with Crippen LogP contribution < -0.4 is 4.74 Å². The number of allylic oxidation sites excluding steroid dienone is 1. The molecule has 0 amide bonds. The summed E-state index contributed by atoms with van der Waals surface area (Å²) in [6.07, 6.45) is 4.32. The van der Waals surface area contributed by atoms with Crippen LogP contribution in [0.25, 0.3) is 6.08 Å². The first-order valence-electron chi connectivity index (χ1n) is 6.47. The minimum atomic E-state index is -0.987. The predicted octanol–water partition coefficient (Wildman–Crippen LogP) is 1.35. The number of nitrogens with zero attached hydrogens (tertiary/aromatic N) is 3. The molecule has 7 heteroatoms. The molecule has 0 aliphatic heterocycles. The molecule has 1 heterocycles. The molecule has 0 aliphatic carbocycles. The van der Waals surface area contributed by atoms with Crippen molar-refractivity contribution in [2.75, 3.05) is 7.11 Å². The molecule has 1 N–H and O–H groups in total. The van der Waals surface area contributed by atoms with Crippen LogP contribution >= 0.6 is 0 Å². The number of carboxylic acids is 1. The Balaban J connectivity index is 2.24. The molecule has 22 heavy (non-hydrogen) atoms. The Bertz CT molecular complexity index is 734. The van der Waals surface area contributed by atoms with E-state index >= 15 is 0 Å². The Morgan fingerprint density at radius 3 is 2.77 bits per heavy atom. The highest BCUT2D eigenvalue weighted by Gasteiger charge is 2.11. The molecule has 0 spiro atoms. The zero-order chi connectivity index (χ0) is 16.1. The van der Waals surface area contributed by atoms with E-state index in [1.807, 2.05) is 0 Å². The second kappa shape index (κ2) is 6.66. The number of aliphatic carboxylic acids is 1. The van der Waals surface area contributed by atoms with Gasteiger partial charge in [0.2, 0.25) is 0 Å². The third-order valence-electron chi connectivity index (χ3n) is 3.06. The normalized spacial score (nSPS) is 10.8. The SMILES string of the molecule is COc1ccc(C(=O)/C=C/c2cnnn2C)cc1CC(=O)O. The Morgan fingerprint density at radius 2 is 2.18 bits per heavy atom. The standard InChI is InChI=1S/C15H15N3O4/c1-18-12(9-16-17-18)4-5-13(19)10-3-6-14(22-2)11(7-10)8-15(20)21/h3-7,9H,8H2,1-2H3,(H,20,21)/b5-4+. The van der Waals surface area contributed by atoms with Crippen molar-refractivity contribution in [2.45, 2.75) is 6.42 Å². The summed E-state index contributed by atoms with van der Waals surface area (Å²) in [7, 11) is 3.17. The van der Waals surface area contributed by atoms with Crippen LogP contribution in [0.3, 0.4) is 0 Å². The number of ketones is 1. The summed E-state index contributed by atoms with van der Waals surface area (Å²) in [5.74, 6) is -0.784. The molecule has 7 nitrogen and oxygen atoms in total. The van der Waals surface area contributed by atoms with E-state index in [9.17, 15) is 9.59 Å². The molecule has 0 fully saturated rings. The van der Waals surface area contributed by atoms with Gasteiger partial charge in [-0.1, -0.05) is 5.21 Å². The van der Waals surface area contributed by atoms with E-state index in [1.165, 1.54) is 30.1 Å². The third kappa shape index (κ3) is 3.57. The molecule has 0 radical (unpaired) electrons. The van der Waals surface area contributed by atoms with Crippen molar-refractivity contribution in [3.05, 3.63) is 47.3 Å². The number of carbonyl (C=O) groups is 2. The molecule has 0 saturated heterocycles. The smallest absolute Gasteiger partial charge is 0.307 e. The van der Waals surface area contributed by atoms with E-state index < -0.39 is 5.97 Å². The number of methoxy groups -OCH3 is 1. The van der Waals surface area contributed by atoms with Crippen LogP contribution in [-0.2, 0) is 18.3 Å². The number of ether oxygens (including phenoxy) is 1. The molecule has 2 aromatic rings. The lowest BCUT2D eigenvalue weighted by Gasteiger charge is -2.07. The van der Waals surface area contributed by atoms with Crippen molar-refractivity contribution < 1.29 is 19.4 Å². The van der Waals surface area contributed by atoms with E-state index in [0.29, 0.717) is 22.6 Å². The van der Waals surface area contributed by atoms with Crippen LogP contribution in [0, 0.1) is 0 Å². The largest absolute Gasteiger partial charge is 0.496 e. The fraction of sp³-hybridized carbons (Fsp3) is 0.200. The highest BCUT2D eigenvalue weighted by Crippen LogP contribution is 2.21. The van der Waals surface area contributed by atoms with E-state index in [-0.39, 0.29) is 12.2 Å². The average Bonchev–Trinajstić information content (AvgIpc) is 2.89. The lowest BCUT2D eigenvalue weighted by atomic mass is 10.0. The molecule has 0 aliphatic rings. The summed E-state index contributed by atoms with van der Waals surface area (Å²) < 4.78 is 6.64. The zero-order valence-corrected chi connectivity index (χ0v) is 12.2. The minimum Gasteiger partial charge on any atom is -0.496 e. The maximum atomic E-state index is 12.2. The zero-order valence-electron chi connectivity index (χ0n) is 12.2. The molecule has 0 atom stereocenters. The van der Waals surface area contributed by atoms with Gasteiger partial charge < -0.3 is 9.84 Å². The highest BCUT2D eigenvalue weighted by molar-refractivity contribution is 6.07. The van der Waals surface area contributed by atoms with Gasteiger partial charge >= 0.3 is 5.97 Å². The van der Waals surface area contributed by atoms with Crippen molar-refractivity contribution in [2.24, 2.45) is 7.05 Å². The van der Waals surface area contributed by atoms with Crippen LogP contribution in [0.4, 0.5) is 0 Å². The first kappa shape index (κ1) is 15.4. The summed E-state index contributed by atoms with van der Waals surface area (Å²) in [6.45, 7) is 0. The maximum absolute atomic E-state index is 12.2. The topological polar surface area (TPSA) is 94.3 Å². The number of carboxylic acid groups (broad SMARTS) is 1. The first-order valence-corrected chi connectivity index (χ1v) is 6.47. The fourth-order valence-corrected chi connectivity index (χ4v) is 1.94. The molecular weight excluding hydrogens is 286 g/mol. The molecule has 0 unspecified atom stereocenters. The van der Waals surface area contributed by atoms with Gasteiger partial charge in [-0.25, -0.2) is 4.68 Å². The van der Waals surface area contributed by atoms with Crippen molar-refractivity contribution in [1.82, 2.24) is 15.0 Å². The second-order valence-corrected chi connectivity index (χ2v) is 4.58. The van der Waals surface area contributed by atoms with Crippen LogP contribution in [0.2, 0.25) is 0 Å². The molecule has 1 aromatic carbocycles. The highest BCUT2D eigenvalue weighted by atomic mass is 16.5. The van der Waals surface area contributed by atoms with Gasteiger partial charge in [0.1, 0.15) is 5.75 Å². The number of aryl methyl sites for hydroxylation is 1. The Labute approximate surface area is 126 Å². The fourth-order valence-electron chi connectivity index (χ4n) is 1.94. The molecule has 0 bridgehead atoms. The Kier molecular flexibility index (Phi) is 4.67. The summed E-state index contributed by atoms with van der Waals surface area (Å²) in [6, 6.07) is 4.71. The van der Waals surface area contributed by atoms with Gasteiger partial charge in [-0.2, -0.15) is 0 Å². The number of carbonyl (C=O) groups excluding carboxylic acids is 1. The van der Waals surface area contributed by atoms with Crippen molar-refractivity contribution in [1.29, 1.82) is 0 Å². The van der Waals surface area contributed by atoms with E-state index in [1.54, 1.807) is 25.3 Å². The van der Waals surface area contributed by atoms with Gasteiger partial charge in [-0.15, -0.1) is 5.10 Å². The van der Waals surface area contributed by atoms with Crippen molar-refractivity contribution in [3.8, 4) is 5.75 Å². The summed E-state index contributed by atoms with van der Waals surface area (Å²) in [5.41, 5.74) is 1.53. The van der Waals surface area contributed by atoms with Crippen LogP contribution in [0.5, 0.6) is 5.75 Å². The predicted molar refractivity (Wildman–Crippen MR) is 78.7 cm³/mol. The van der Waals surface area contributed by atoms with Gasteiger partial charge in [-0.05, 0) is 30.4 Å². The van der Waals surface area contributed by atoms with Gasteiger partial charge in [0.15, 0.2) is 5.78 Å². The van der Waals surface area contributed by atoms with Crippen molar-refractivity contribution in [3.63, 3.8) is 0 Å². The van der Waals surface area contributed by atoms with E-state index in [0.717, 1.165) is 0 Å². The molecule has 1 aromatic heterocycles. The van der Waals surface area contributed by atoms with Gasteiger partial charge in [0.25, 0.3) is 0 Å². The van der Waals surface area contributed by atoms with E-state index in [2.05, 4.69) is 10.3 Å². The number of rotatable bonds is 6. The molecule has 0 saturated carbocycles. The number of hydrogen-bond donors (Lipinski definition) is 1. The number of aromatic nitrogens is 3. The van der Waals surface area contributed by atoms with Crippen LogP contribution in [0.15, 0.2) is 30.5 Å². The first-order chi connectivity index (χ1) is 10.5. The summed E-state index contributed by atoms with van der Waals surface area (Å²) in [5, 5.41) is 16.4. The Morgan fingerprint density at radius 1 is 1.41 bits per heavy atom. The average molecular weight is 301 g/mol. The van der Waals surface area contributed by atoms with E-state index in [4.69, 9.17) is 9.84 Å². The number of benzene rings is 1. The molecular formula is C15H15N3O4. The quantitative estimate of drug-likeness (QED) is 0.639. The van der Waals surface area contributed by atoms with Gasteiger partial charge in [0, 0.05) is 18.2 Å². The van der Waals surface area contributed by atoms with Gasteiger partial charge in [0.05, 0.1) is 25.4 Å². The van der Waals surface area contributed by atoms with Crippen LogP contribution in [-0.4, -0.2) is 39.0 Å². The van der Waals surface area contributed by atoms with Gasteiger partial charge in [-0.3, -0.25) is 9.59 Å². The molecule has 2 rings (SSSR count). The maximum Gasteiger partial charge on any atom is 0.307 e. The third-order valence-corrected chi connectivity index (χ3v) is 3.06. The monoisotopic (exact) mass is 301 g/mol. The minimum absolute atomic E-state index is 0.209. The lowest BCUT2D eigenvalue weighted by Crippen LogP contribution is -2.04. The lowest BCUT2D eigenvalue weighted by molar-refractivity contribution is -0.136. The second-order valence-electron chi connectivity index (χ2n) is 4.58. The molecule has 114 valence electrons. The summed E-state index contributed by atoms with van der Waals surface area (Å²) >= 11 is 0. The summed E-state index contributed by atoms with van der Waals surface area (Å²) in [4.78, 5) is 23.0. The van der Waals surface area contributed by atoms with Crippen molar-refractivity contribution >= 4 is 17.8 Å².